The van der Waals surface area contributed by atoms with Crippen molar-refractivity contribution in [3.8, 4) is 0 Å². The van der Waals surface area contributed by atoms with Gasteiger partial charge < -0.3 is 19.9 Å². The van der Waals surface area contributed by atoms with Gasteiger partial charge in [-0.2, -0.15) is 0 Å². The van der Waals surface area contributed by atoms with Crippen LogP contribution in [0.3, 0.4) is 0 Å². The lowest BCUT2D eigenvalue weighted by Crippen LogP contribution is -2.48. The first-order chi connectivity index (χ1) is 13.6. The van der Waals surface area contributed by atoms with Crippen LogP contribution in [0.2, 0.25) is 0 Å². The zero-order valence-corrected chi connectivity index (χ0v) is 17.5. The number of hydrogen-bond donors (Lipinski definition) is 1. The highest BCUT2D eigenvalue weighted by molar-refractivity contribution is 5.87. The van der Waals surface area contributed by atoms with Gasteiger partial charge in [-0.05, 0) is 59.0 Å². The molecule has 0 radical (unpaired) electrons. The summed E-state index contributed by atoms with van der Waals surface area (Å²) >= 11 is 0. The Labute approximate surface area is 169 Å². The molecule has 2 aliphatic heterocycles. The van der Waals surface area contributed by atoms with Crippen LogP contribution in [0, 0.1) is 0 Å². The fourth-order valence-electron chi connectivity index (χ4n) is 3.85. The summed E-state index contributed by atoms with van der Waals surface area (Å²) in [4.78, 5) is 32.6. The van der Waals surface area contributed by atoms with Crippen molar-refractivity contribution >= 4 is 17.6 Å². The number of amides is 1. The van der Waals surface area contributed by atoms with E-state index in [1.165, 1.54) is 32.4 Å². The van der Waals surface area contributed by atoms with Gasteiger partial charge in [0, 0.05) is 43.7 Å². The summed E-state index contributed by atoms with van der Waals surface area (Å²) < 4.78 is 4.82. The molecule has 2 aliphatic rings. The first-order valence-corrected chi connectivity index (χ1v) is 10.7. The summed E-state index contributed by atoms with van der Waals surface area (Å²) in [6.07, 6.45) is 10.6. The molecule has 0 bridgehead atoms. The first-order valence-electron chi connectivity index (χ1n) is 10.7. The van der Waals surface area contributed by atoms with Crippen molar-refractivity contribution in [2.45, 2.75) is 64.8 Å². The molecule has 158 valence electrons. The highest BCUT2D eigenvalue weighted by atomic mass is 16.5. The molecule has 0 spiro atoms. The number of nitrogens with one attached hydrogen (secondary N) is 1. The van der Waals surface area contributed by atoms with Crippen molar-refractivity contribution in [1.82, 2.24) is 15.1 Å². The van der Waals surface area contributed by atoms with E-state index in [0.29, 0.717) is 25.5 Å². The maximum absolute atomic E-state index is 12.5. The molecule has 2 heterocycles. The van der Waals surface area contributed by atoms with E-state index in [1.54, 1.807) is 19.3 Å². The van der Waals surface area contributed by atoms with Gasteiger partial charge in [0.15, 0.2) is 0 Å². The number of aliphatic imine (C=N–C) groups is 1. The number of carbonyl (C=O) groups is 2. The van der Waals surface area contributed by atoms with Crippen LogP contribution < -0.4 is 5.32 Å². The number of hydrogen-bond acceptors (Lipinski definition) is 6. The molecule has 0 unspecified atom stereocenters. The molecular formula is C21H36N4O3. The molecule has 0 aliphatic carbocycles. The Bertz CT molecular complexity index is 548. The van der Waals surface area contributed by atoms with E-state index in [1.807, 2.05) is 11.8 Å². The van der Waals surface area contributed by atoms with Gasteiger partial charge in [0.25, 0.3) is 0 Å². The van der Waals surface area contributed by atoms with E-state index >= 15 is 0 Å². The minimum atomic E-state index is -0.289. The van der Waals surface area contributed by atoms with Gasteiger partial charge in [-0.1, -0.05) is 6.42 Å². The van der Waals surface area contributed by atoms with Gasteiger partial charge in [0.2, 0.25) is 5.91 Å². The lowest BCUT2D eigenvalue weighted by molar-refractivity contribution is -0.141. The van der Waals surface area contributed by atoms with Crippen molar-refractivity contribution < 1.29 is 14.3 Å². The third-order valence-corrected chi connectivity index (χ3v) is 5.46. The Balaban J connectivity index is 1.61. The highest BCUT2D eigenvalue weighted by Gasteiger charge is 2.27. The lowest BCUT2D eigenvalue weighted by atomic mass is 9.99. The third kappa shape index (κ3) is 8.00. The Morgan fingerprint density at radius 3 is 2.50 bits per heavy atom. The summed E-state index contributed by atoms with van der Waals surface area (Å²) in [5.74, 6) is -0.0569. The van der Waals surface area contributed by atoms with Crippen LogP contribution in [-0.2, 0) is 14.3 Å². The quantitative estimate of drug-likeness (QED) is 0.481. The second-order valence-electron chi connectivity index (χ2n) is 7.57. The second kappa shape index (κ2) is 12.5. The molecule has 0 aromatic heterocycles. The average Bonchev–Trinajstić information content (AvgIpc) is 2.72. The lowest BCUT2D eigenvalue weighted by Gasteiger charge is -2.40. The summed E-state index contributed by atoms with van der Waals surface area (Å²) in [6, 6.07) is 0.667. The zero-order valence-electron chi connectivity index (χ0n) is 17.5. The SMILES string of the molecule is CCOC(=O)CN/C=C\N=C(/C)CCC(=O)N1CCC(N2CCCCC2)CC1. The van der Waals surface area contributed by atoms with Gasteiger partial charge >= 0.3 is 5.97 Å². The van der Waals surface area contributed by atoms with Crippen LogP contribution in [0.4, 0.5) is 0 Å². The molecule has 0 atom stereocenters. The number of nitrogens with zero attached hydrogens (tertiary/aromatic N) is 3. The van der Waals surface area contributed by atoms with E-state index in [-0.39, 0.29) is 18.4 Å². The summed E-state index contributed by atoms with van der Waals surface area (Å²) in [7, 11) is 0. The van der Waals surface area contributed by atoms with Crippen molar-refractivity contribution in [3.05, 3.63) is 12.4 Å². The fourth-order valence-corrected chi connectivity index (χ4v) is 3.85. The second-order valence-corrected chi connectivity index (χ2v) is 7.57. The van der Waals surface area contributed by atoms with Crippen LogP contribution in [-0.4, -0.2) is 72.8 Å². The Kier molecular flexibility index (Phi) is 10.0. The van der Waals surface area contributed by atoms with Crippen molar-refractivity contribution in [1.29, 1.82) is 0 Å². The molecular weight excluding hydrogens is 356 g/mol. The predicted molar refractivity (Wildman–Crippen MR) is 111 cm³/mol. The molecule has 28 heavy (non-hydrogen) atoms. The monoisotopic (exact) mass is 392 g/mol. The number of esters is 1. The standard InChI is InChI=1S/C21H36N4O3/c1-3-28-21(27)17-22-11-12-23-18(2)7-8-20(26)25-15-9-19(10-16-25)24-13-5-4-6-14-24/h11-12,19,22H,3-10,13-17H2,1-2H3/b12-11-,23-18+. The Hall–Kier alpha value is -1.89. The van der Waals surface area contributed by atoms with Crippen molar-refractivity contribution in [3.63, 3.8) is 0 Å². The number of rotatable bonds is 9. The van der Waals surface area contributed by atoms with E-state index < -0.39 is 0 Å². The molecule has 1 amide bonds. The normalized spacial score (nSPS) is 19.8. The van der Waals surface area contributed by atoms with E-state index in [4.69, 9.17) is 4.74 Å². The molecule has 1 N–H and O–H groups in total. The minimum Gasteiger partial charge on any atom is -0.465 e. The van der Waals surface area contributed by atoms with E-state index in [9.17, 15) is 9.59 Å². The van der Waals surface area contributed by atoms with Crippen LogP contribution in [0.5, 0.6) is 0 Å². The fraction of sp³-hybridized carbons (Fsp3) is 0.762. The van der Waals surface area contributed by atoms with Gasteiger partial charge in [-0.3, -0.25) is 14.6 Å². The average molecular weight is 393 g/mol. The highest BCUT2D eigenvalue weighted by Crippen LogP contribution is 2.21. The Morgan fingerprint density at radius 2 is 1.82 bits per heavy atom. The first kappa shape index (κ1) is 22.4. The topological polar surface area (TPSA) is 74.2 Å². The maximum atomic E-state index is 12.5. The molecule has 0 aromatic rings. The largest absolute Gasteiger partial charge is 0.465 e. The molecule has 0 saturated carbocycles. The van der Waals surface area contributed by atoms with Crippen LogP contribution in [0.1, 0.15) is 58.8 Å². The van der Waals surface area contributed by atoms with Gasteiger partial charge in [-0.25, -0.2) is 0 Å². The van der Waals surface area contributed by atoms with Crippen molar-refractivity contribution in [2.24, 2.45) is 4.99 Å². The van der Waals surface area contributed by atoms with Crippen LogP contribution >= 0.6 is 0 Å². The summed E-state index contributed by atoms with van der Waals surface area (Å²) in [5.41, 5.74) is 0.908. The number of ether oxygens (including phenoxy) is 1. The molecule has 2 saturated heterocycles. The summed E-state index contributed by atoms with van der Waals surface area (Å²) in [6.45, 7) is 8.44. The summed E-state index contributed by atoms with van der Waals surface area (Å²) in [5, 5.41) is 2.83. The van der Waals surface area contributed by atoms with Crippen LogP contribution in [0.15, 0.2) is 17.4 Å². The third-order valence-electron chi connectivity index (χ3n) is 5.46. The van der Waals surface area contributed by atoms with E-state index in [2.05, 4.69) is 15.2 Å². The predicted octanol–water partition coefficient (Wildman–Crippen LogP) is 2.33. The zero-order chi connectivity index (χ0) is 20.2. The molecule has 7 nitrogen and oxygen atoms in total. The minimum absolute atomic E-state index is 0.130. The number of piperidine rings is 2. The molecule has 7 heteroatoms. The van der Waals surface area contributed by atoms with Gasteiger partial charge in [0.05, 0.1) is 6.61 Å². The molecule has 2 rings (SSSR count). The van der Waals surface area contributed by atoms with Gasteiger partial charge in [0.1, 0.15) is 6.54 Å². The van der Waals surface area contributed by atoms with Crippen LogP contribution in [0.25, 0.3) is 0 Å². The number of likely N-dealkylation sites (tertiary alicyclic amines) is 2. The van der Waals surface area contributed by atoms with Gasteiger partial charge in [-0.15, -0.1) is 0 Å². The maximum Gasteiger partial charge on any atom is 0.325 e. The molecule has 0 aromatic carbocycles. The molecule has 2 fully saturated rings. The smallest absolute Gasteiger partial charge is 0.325 e. The Morgan fingerprint density at radius 1 is 1.11 bits per heavy atom. The van der Waals surface area contributed by atoms with Crippen molar-refractivity contribution in [2.75, 3.05) is 39.3 Å². The van der Waals surface area contributed by atoms with E-state index in [0.717, 1.165) is 31.6 Å². The number of carbonyl (C=O) groups excluding carboxylic acids is 2.